The molecule has 0 aliphatic heterocycles. The number of carbonyl (C=O) groups excluding carboxylic acids is 2. The van der Waals surface area contributed by atoms with Crippen LogP contribution in [0.5, 0.6) is 0 Å². The van der Waals surface area contributed by atoms with E-state index in [4.69, 9.17) is 22.9 Å². The maximum atomic E-state index is 14.3. The molecule has 2 aromatic carbocycles. The van der Waals surface area contributed by atoms with Crippen molar-refractivity contribution in [3.63, 3.8) is 0 Å². The Morgan fingerprint density at radius 3 is 1.84 bits per heavy atom. The molecule has 0 spiro atoms. The van der Waals surface area contributed by atoms with Crippen molar-refractivity contribution in [2.75, 3.05) is 26.2 Å². The summed E-state index contributed by atoms with van der Waals surface area (Å²) < 4.78 is 1.55. The number of hydrogen-bond acceptors (Lipinski definition) is 7. The van der Waals surface area contributed by atoms with E-state index in [1.807, 2.05) is 18.2 Å². The first kappa shape index (κ1) is 37.7. The first-order valence-corrected chi connectivity index (χ1v) is 17.2. The lowest BCUT2D eigenvalue weighted by molar-refractivity contribution is -0.216. The molecule has 17 heteroatoms. The summed E-state index contributed by atoms with van der Waals surface area (Å²) in [5.41, 5.74) is 20.9. The molecule has 0 saturated carbocycles. The Morgan fingerprint density at radius 1 is 0.755 bits per heavy atom. The molecule has 0 saturated heterocycles. The number of aliphatic hydroxyl groups is 3. The molecule has 49 heavy (non-hydrogen) atoms. The maximum absolute atomic E-state index is 14.3. The Bertz CT molecular complexity index is 1830. The molecule has 15 N–H and O–H groups in total. The van der Waals surface area contributed by atoms with Crippen molar-refractivity contribution < 1.29 is 24.9 Å². The summed E-state index contributed by atoms with van der Waals surface area (Å²) >= 11 is 6.88. The molecule has 0 radical (unpaired) electrons. The zero-order valence-electron chi connectivity index (χ0n) is 26.7. The topological polar surface area (TPSA) is 279 Å². The zero-order chi connectivity index (χ0) is 35.8. The highest BCUT2D eigenvalue weighted by Crippen LogP contribution is 2.43. The highest BCUT2D eigenvalue weighted by Gasteiger charge is 2.58. The van der Waals surface area contributed by atoms with Gasteiger partial charge >= 0.3 is 0 Å². The fraction of sp³-hybridized carbons (Fsp3) is 0.375. The zero-order valence-corrected chi connectivity index (χ0v) is 29.9. The van der Waals surface area contributed by atoms with Gasteiger partial charge < -0.3 is 58.9 Å². The fourth-order valence-corrected chi connectivity index (χ4v) is 6.51. The highest BCUT2D eigenvalue weighted by atomic mass is 79.9. The van der Waals surface area contributed by atoms with E-state index in [1.54, 1.807) is 24.4 Å². The van der Waals surface area contributed by atoms with Crippen LogP contribution in [0.1, 0.15) is 42.7 Å². The van der Waals surface area contributed by atoms with Gasteiger partial charge in [0.25, 0.3) is 17.6 Å². The molecule has 264 valence electrons. The average molecular weight is 807 g/mol. The predicted octanol–water partition coefficient (Wildman–Crippen LogP) is 1.25. The number of rotatable bonds is 17. The van der Waals surface area contributed by atoms with E-state index in [9.17, 15) is 24.9 Å². The van der Waals surface area contributed by atoms with Crippen LogP contribution in [-0.2, 0) is 16.0 Å². The summed E-state index contributed by atoms with van der Waals surface area (Å²) in [7, 11) is 0. The van der Waals surface area contributed by atoms with E-state index in [2.05, 4.69) is 62.4 Å². The van der Waals surface area contributed by atoms with Gasteiger partial charge in [0.1, 0.15) is 0 Å². The molecule has 2 amide bonds. The largest absolute Gasteiger partial charge is 0.379 e. The van der Waals surface area contributed by atoms with Crippen LogP contribution >= 0.6 is 31.9 Å². The number of nitrogens with zero attached hydrogens (tertiary/aromatic N) is 2. The van der Waals surface area contributed by atoms with Gasteiger partial charge in [0.05, 0.1) is 5.92 Å². The third kappa shape index (κ3) is 9.30. The van der Waals surface area contributed by atoms with Gasteiger partial charge in [0.15, 0.2) is 17.5 Å². The van der Waals surface area contributed by atoms with Crippen molar-refractivity contribution in [1.82, 2.24) is 20.6 Å². The number of aromatic amines is 2. The van der Waals surface area contributed by atoms with Crippen molar-refractivity contribution in [2.24, 2.45) is 32.9 Å². The van der Waals surface area contributed by atoms with Crippen LogP contribution in [0.2, 0.25) is 0 Å². The Kier molecular flexibility index (Phi) is 12.7. The van der Waals surface area contributed by atoms with Crippen LogP contribution in [-0.4, -0.2) is 86.6 Å². The Hall–Kier alpha value is -4.16. The predicted molar refractivity (Wildman–Crippen MR) is 196 cm³/mol. The van der Waals surface area contributed by atoms with Crippen LogP contribution in [0.15, 0.2) is 67.7 Å². The van der Waals surface area contributed by atoms with E-state index in [-0.39, 0.29) is 30.6 Å². The van der Waals surface area contributed by atoms with Crippen LogP contribution < -0.4 is 33.6 Å². The second-order valence-electron chi connectivity index (χ2n) is 11.7. The van der Waals surface area contributed by atoms with E-state index >= 15 is 0 Å². The molecule has 2 heterocycles. The van der Waals surface area contributed by atoms with Crippen molar-refractivity contribution in [1.29, 1.82) is 0 Å². The number of hydrogen-bond donors (Lipinski definition) is 11. The Morgan fingerprint density at radius 2 is 1.27 bits per heavy atom. The molecule has 2 aromatic heterocycles. The van der Waals surface area contributed by atoms with Gasteiger partial charge in [-0.05, 0) is 61.1 Å². The lowest BCUT2D eigenvalue weighted by Crippen LogP contribution is -2.63. The van der Waals surface area contributed by atoms with E-state index in [1.165, 1.54) is 6.20 Å². The Labute approximate surface area is 299 Å². The van der Waals surface area contributed by atoms with Crippen molar-refractivity contribution >= 4 is 77.4 Å². The molecule has 15 nitrogen and oxygen atoms in total. The lowest BCUT2D eigenvalue weighted by atomic mass is 9.72. The molecule has 0 fully saturated rings. The molecule has 0 aliphatic rings. The third-order valence-corrected chi connectivity index (χ3v) is 9.10. The number of guanidine groups is 2. The number of unbranched alkanes of at least 4 members (excludes halogenated alkanes) is 2. The van der Waals surface area contributed by atoms with Crippen molar-refractivity contribution in [3.05, 3.63) is 68.9 Å². The number of aliphatic imine (C=N–C) groups is 2. The van der Waals surface area contributed by atoms with Gasteiger partial charge in [-0.15, -0.1) is 0 Å². The second-order valence-corrected chi connectivity index (χ2v) is 13.6. The fourth-order valence-electron chi connectivity index (χ4n) is 5.78. The molecular formula is C32H42Br2N10O5. The van der Waals surface area contributed by atoms with Crippen molar-refractivity contribution in [2.45, 2.75) is 49.4 Å². The maximum Gasteiger partial charge on any atom is 0.280 e. The molecule has 0 bridgehead atoms. The molecule has 2 atom stereocenters. The molecule has 4 rings (SSSR count). The Balaban J connectivity index is 1.76. The van der Waals surface area contributed by atoms with E-state index < -0.39 is 35.5 Å². The minimum atomic E-state index is -3.28. The van der Waals surface area contributed by atoms with Gasteiger partial charge in [-0.3, -0.25) is 19.6 Å². The molecular weight excluding hydrogens is 764 g/mol. The third-order valence-electron chi connectivity index (χ3n) is 8.11. The summed E-state index contributed by atoms with van der Waals surface area (Å²) in [6.07, 6.45) is 4.62. The number of amides is 2. The number of nitrogens with one attached hydrogen (secondary N) is 4. The molecule has 2 unspecified atom stereocenters. The monoisotopic (exact) mass is 804 g/mol. The first-order valence-electron chi connectivity index (χ1n) is 15.6. The number of H-pyrrole nitrogens is 2. The highest BCUT2D eigenvalue weighted by molar-refractivity contribution is 9.10. The quantitative estimate of drug-likeness (QED) is 0.0317. The number of fused-ring (bicyclic) bond motifs is 2. The van der Waals surface area contributed by atoms with Crippen molar-refractivity contribution in [3.8, 4) is 0 Å². The van der Waals surface area contributed by atoms with Crippen LogP contribution in [0.25, 0.3) is 21.8 Å². The number of nitrogens with two attached hydrogens (primary N) is 4. The normalized spacial score (nSPS) is 13.5. The van der Waals surface area contributed by atoms with Gasteiger partial charge in [-0.2, -0.15) is 0 Å². The lowest BCUT2D eigenvalue weighted by Gasteiger charge is -2.41. The summed E-state index contributed by atoms with van der Waals surface area (Å²) in [5, 5.41) is 42.8. The van der Waals surface area contributed by atoms with E-state index in [0.717, 1.165) is 14.5 Å². The average Bonchev–Trinajstić information content (AvgIpc) is 3.62. The first-order chi connectivity index (χ1) is 23.2. The molecule has 4 aromatic rings. The van der Waals surface area contributed by atoms with Gasteiger partial charge in [0, 0.05) is 75.7 Å². The SMILES string of the molecule is NC(N)=NCCCCNC(=O)C(O)(O)C(c1c[nH]c2cc(Br)ccc12)C(O)(Cc1c[nH]c2cc(Br)ccc12)C(=O)NCCCCN=C(N)N. The van der Waals surface area contributed by atoms with Crippen LogP contribution in [0, 0.1) is 0 Å². The summed E-state index contributed by atoms with van der Waals surface area (Å²) in [4.78, 5) is 42.0. The number of benzene rings is 2. The second kappa shape index (κ2) is 16.5. The minimum Gasteiger partial charge on any atom is -0.379 e. The van der Waals surface area contributed by atoms with Crippen LogP contribution in [0.4, 0.5) is 0 Å². The number of halogens is 2. The van der Waals surface area contributed by atoms with E-state index in [0.29, 0.717) is 60.6 Å². The smallest absolute Gasteiger partial charge is 0.280 e. The van der Waals surface area contributed by atoms with Gasteiger partial charge in [0.2, 0.25) is 0 Å². The van der Waals surface area contributed by atoms with Gasteiger partial charge in [-0.25, -0.2) is 0 Å². The van der Waals surface area contributed by atoms with Gasteiger partial charge in [-0.1, -0.05) is 44.0 Å². The molecule has 0 aliphatic carbocycles. The standard InChI is InChI=1S/C32H42Br2N10O5/c33-19-5-7-21-18(16-43-24(21)13-19)15-31(47,27(45)39-9-1-3-11-41-29(35)36)26(23-17-44-25-14-20(34)6-8-22(23)25)32(48,49)28(46)40-10-2-4-12-42-30(37)38/h5-8,13-14,16-17,26,43-44,47-49H,1-4,9-12,15H2,(H,39,45)(H,40,46)(H4,35,36,41)(H4,37,38,42). The van der Waals surface area contributed by atoms with Crippen LogP contribution in [0.3, 0.4) is 0 Å². The minimum absolute atomic E-state index is 0.0486. The summed E-state index contributed by atoms with van der Waals surface area (Å²) in [6, 6.07) is 10.7. The number of aromatic nitrogens is 2. The summed E-state index contributed by atoms with van der Waals surface area (Å²) in [5.74, 6) is -7.38. The summed E-state index contributed by atoms with van der Waals surface area (Å²) in [6.45, 7) is 0.819. The number of carbonyl (C=O) groups is 2.